The molecule has 1 aliphatic rings. The molecule has 1 aromatic heterocycles. The van der Waals surface area contributed by atoms with E-state index < -0.39 is 5.82 Å². The van der Waals surface area contributed by atoms with Crippen LogP contribution in [0.3, 0.4) is 0 Å². The van der Waals surface area contributed by atoms with Crippen molar-refractivity contribution < 1.29 is 13.9 Å². The Balaban J connectivity index is 2.04. The number of hydrogen-bond acceptors (Lipinski definition) is 5. The second-order valence-corrected chi connectivity index (χ2v) is 5.22. The van der Waals surface area contributed by atoms with E-state index in [4.69, 9.17) is 10.00 Å². The SMILES string of the molecule is CNC(=O)C(CNc1ncc(C#N)cc1F)C1CCOCC1. The van der Waals surface area contributed by atoms with Crippen LogP contribution in [0.5, 0.6) is 0 Å². The van der Waals surface area contributed by atoms with Gasteiger partial charge in [-0.15, -0.1) is 0 Å². The molecule has 1 aliphatic heterocycles. The molecule has 1 atom stereocenters. The van der Waals surface area contributed by atoms with Crippen LogP contribution in [0.1, 0.15) is 18.4 Å². The number of hydrogen-bond donors (Lipinski definition) is 2. The Hall–Kier alpha value is -2.20. The summed E-state index contributed by atoms with van der Waals surface area (Å²) < 4.78 is 19.1. The molecule has 2 N–H and O–H groups in total. The van der Waals surface area contributed by atoms with Crippen molar-refractivity contribution in [2.45, 2.75) is 12.8 Å². The zero-order chi connectivity index (χ0) is 15.9. The van der Waals surface area contributed by atoms with Gasteiger partial charge in [0.1, 0.15) is 6.07 Å². The lowest BCUT2D eigenvalue weighted by molar-refractivity contribution is -0.126. The van der Waals surface area contributed by atoms with E-state index in [9.17, 15) is 9.18 Å². The van der Waals surface area contributed by atoms with E-state index in [1.54, 1.807) is 7.05 Å². The Morgan fingerprint density at radius 2 is 2.32 bits per heavy atom. The van der Waals surface area contributed by atoms with Gasteiger partial charge >= 0.3 is 0 Å². The highest BCUT2D eigenvalue weighted by atomic mass is 19.1. The predicted molar refractivity (Wildman–Crippen MR) is 78.5 cm³/mol. The summed E-state index contributed by atoms with van der Waals surface area (Å²) in [5.74, 6) is -0.691. The number of nitrogens with one attached hydrogen (secondary N) is 2. The van der Waals surface area contributed by atoms with Gasteiger partial charge in [0.15, 0.2) is 11.6 Å². The first kappa shape index (κ1) is 16.2. The first-order chi connectivity index (χ1) is 10.7. The van der Waals surface area contributed by atoms with E-state index in [1.165, 1.54) is 6.20 Å². The highest BCUT2D eigenvalue weighted by Gasteiger charge is 2.29. The zero-order valence-corrected chi connectivity index (χ0v) is 12.4. The molecule has 0 aromatic carbocycles. The number of rotatable bonds is 5. The van der Waals surface area contributed by atoms with Gasteiger partial charge in [-0.25, -0.2) is 9.37 Å². The van der Waals surface area contributed by atoms with Gasteiger partial charge < -0.3 is 15.4 Å². The number of nitrogens with zero attached hydrogens (tertiary/aromatic N) is 2. The zero-order valence-electron chi connectivity index (χ0n) is 12.4. The second kappa shape index (κ2) is 7.71. The van der Waals surface area contributed by atoms with E-state index in [2.05, 4.69) is 15.6 Å². The van der Waals surface area contributed by atoms with E-state index in [0.717, 1.165) is 18.9 Å². The standard InChI is InChI=1S/C15H19FN4O2/c1-18-15(21)12(11-2-4-22-5-3-11)9-20-14-13(16)6-10(7-17)8-19-14/h6,8,11-12H,2-5,9H2,1H3,(H,18,21)(H,19,20). The molecule has 1 fully saturated rings. The van der Waals surface area contributed by atoms with Crippen molar-refractivity contribution in [2.24, 2.45) is 11.8 Å². The average molecular weight is 306 g/mol. The van der Waals surface area contributed by atoms with E-state index in [0.29, 0.717) is 19.8 Å². The minimum absolute atomic E-state index is 0.0555. The van der Waals surface area contributed by atoms with E-state index in [1.807, 2.05) is 6.07 Å². The Morgan fingerprint density at radius 3 is 2.91 bits per heavy atom. The number of nitriles is 1. The van der Waals surface area contributed by atoms with Gasteiger partial charge in [0, 0.05) is 33.0 Å². The van der Waals surface area contributed by atoms with Gasteiger partial charge in [0.05, 0.1) is 11.5 Å². The largest absolute Gasteiger partial charge is 0.381 e. The second-order valence-electron chi connectivity index (χ2n) is 5.22. The third-order valence-corrected chi connectivity index (χ3v) is 3.88. The molecule has 0 aliphatic carbocycles. The first-order valence-electron chi connectivity index (χ1n) is 7.24. The summed E-state index contributed by atoms with van der Waals surface area (Å²) in [5.41, 5.74) is 0.162. The minimum atomic E-state index is -0.596. The normalized spacial score (nSPS) is 16.6. The van der Waals surface area contributed by atoms with Crippen LogP contribution in [-0.2, 0) is 9.53 Å². The molecule has 0 bridgehead atoms. The van der Waals surface area contributed by atoms with Crippen molar-refractivity contribution in [1.82, 2.24) is 10.3 Å². The van der Waals surface area contributed by atoms with Crippen LogP contribution in [0.2, 0.25) is 0 Å². The van der Waals surface area contributed by atoms with Gasteiger partial charge in [0.25, 0.3) is 0 Å². The van der Waals surface area contributed by atoms with Gasteiger partial charge in [-0.05, 0) is 24.8 Å². The van der Waals surface area contributed by atoms with Crippen molar-refractivity contribution in [3.05, 3.63) is 23.6 Å². The summed E-state index contributed by atoms with van der Waals surface area (Å²) in [6, 6.07) is 2.95. The Kier molecular flexibility index (Phi) is 5.67. The number of halogens is 1. The Bertz CT molecular complexity index is 567. The molecule has 2 heterocycles. The van der Waals surface area contributed by atoms with Crippen molar-refractivity contribution in [3.8, 4) is 6.07 Å². The van der Waals surface area contributed by atoms with Crippen molar-refractivity contribution in [1.29, 1.82) is 5.26 Å². The van der Waals surface area contributed by atoms with E-state index in [-0.39, 0.29) is 29.1 Å². The first-order valence-corrected chi connectivity index (χ1v) is 7.24. The fourth-order valence-electron chi connectivity index (χ4n) is 2.61. The molecule has 22 heavy (non-hydrogen) atoms. The lowest BCUT2D eigenvalue weighted by Gasteiger charge is -2.29. The number of amides is 1. The number of anilines is 1. The highest BCUT2D eigenvalue weighted by molar-refractivity contribution is 5.79. The highest BCUT2D eigenvalue weighted by Crippen LogP contribution is 2.25. The van der Waals surface area contributed by atoms with Gasteiger partial charge in [-0.1, -0.05) is 0 Å². The molecule has 0 spiro atoms. The quantitative estimate of drug-likeness (QED) is 0.856. The maximum absolute atomic E-state index is 13.8. The Labute approximate surface area is 128 Å². The maximum Gasteiger partial charge on any atom is 0.224 e. The summed E-state index contributed by atoms with van der Waals surface area (Å²) in [5, 5.41) is 14.2. The smallest absolute Gasteiger partial charge is 0.224 e. The van der Waals surface area contributed by atoms with Crippen molar-refractivity contribution in [3.63, 3.8) is 0 Å². The molecule has 6 nitrogen and oxygen atoms in total. The molecular formula is C15H19FN4O2. The molecule has 0 saturated carbocycles. The van der Waals surface area contributed by atoms with Crippen LogP contribution < -0.4 is 10.6 Å². The van der Waals surface area contributed by atoms with Crippen LogP contribution in [0, 0.1) is 29.0 Å². The minimum Gasteiger partial charge on any atom is -0.381 e. The predicted octanol–water partition coefficient (Wildman–Crippen LogP) is 1.29. The van der Waals surface area contributed by atoms with Gasteiger partial charge in [0.2, 0.25) is 5.91 Å². The number of aromatic nitrogens is 1. The van der Waals surface area contributed by atoms with Crippen LogP contribution in [-0.4, -0.2) is 37.7 Å². The Morgan fingerprint density at radius 1 is 1.59 bits per heavy atom. The summed E-state index contributed by atoms with van der Waals surface area (Å²) in [6.07, 6.45) is 2.92. The molecule has 0 radical (unpaired) electrons. The van der Waals surface area contributed by atoms with E-state index >= 15 is 0 Å². The van der Waals surface area contributed by atoms with Gasteiger partial charge in [-0.3, -0.25) is 4.79 Å². The summed E-state index contributed by atoms with van der Waals surface area (Å²) >= 11 is 0. The van der Waals surface area contributed by atoms with Crippen molar-refractivity contribution >= 4 is 11.7 Å². The van der Waals surface area contributed by atoms with Crippen LogP contribution >= 0.6 is 0 Å². The maximum atomic E-state index is 13.8. The topological polar surface area (TPSA) is 87.0 Å². The van der Waals surface area contributed by atoms with Crippen molar-refractivity contribution in [2.75, 3.05) is 32.1 Å². The molecule has 1 unspecified atom stereocenters. The monoisotopic (exact) mass is 306 g/mol. The molecular weight excluding hydrogens is 287 g/mol. The number of pyridine rings is 1. The van der Waals surface area contributed by atoms with Crippen LogP contribution in [0.15, 0.2) is 12.3 Å². The van der Waals surface area contributed by atoms with Crippen LogP contribution in [0.4, 0.5) is 10.2 Å². The molecule has 2 rings (SSSR count). The third kappa shape index (κ3) is 3.92. The third-order valence-electron chi connectivity index (χ3n) is 3.88. The average Bonchev–Trinajstić information content (AvgIpc) is 2.56. The number of carbonyl (C=O) groups is 1. The summed E-state index contributed by atoms with van der Waals surface area (Å²) in [7, 11) is 1.59. The molecule has 118 valence electrons. The fourth-order valence-corrected chi connectivity index (χ4v) is 2.61. The molecule has 1 aromatic rings. The summed E-state index contributed by atoms with van der Waals surface area (Å²) in [6.45, 7) is 1.57. The lowest BCUT2D eigenvalue weighted by atomic mass is 9.85. The summed E-state index contributed by atoms with van der Waals surface area (Å²) in [4.78, 5) is 16.0. The lowest BCUT2D eigenvalue weighted by Crippen LogP contribution is -2.39. The van der Waals surface area contributed by atoms with Gasteiger partial charge in [-0.2, -0.15) is 5.26 Å². The molecule has 1 saturated heterocycles. The fraction of sp³-hybridized carbons (Fsp3) is 0.533. The number of ether oxygens (including phenoxy) is 1. The number of carbonyl (C=O) groups excluding carboxylic acids is 1. The molecule has 7 heteroatoms. The van der Waals surface area contributed by atoms with Crippen LogP contribution in [0.25, 0.3) is 0 Å². The molecule has 1 amide bonds.